The largest absolute Gasteiger partial charge is 0.387 e. The molecule has 0 radical (unpaired) electrons. The maximum atomic E-state index is 13.9. The molecule has 0 fully saturated rings. The van der Waals surface area contributed by atoms with Gasteiger partial charge in [-0.05, 0) is 71.2 Å². The van der Waals surface area contributed by atoms with Crippen LogP contribution in [0.25, 0.3) is 21.5 Å². The molecule has 3 aromatic rings. The van der Waals surface area contributed by atoms with E-state index >= 15 is 0 Å². The van der Waals surface area contributed by atoms with Crippen LogP contribution in [0.4, 0.5) is 4.39 Å². The molecule has 0 aromatic heterocycles. The Hall–Kier alpha value is -1.97. The van der Waals surface area contributed by atoms with E-state index in [1.54, 1.807) is 12.1 Å². The van der Waals surface area contributed by atoms with Gasteiger partial charge in [0.25, 0.3) is 0 Å². The number of rotatable bonds is 9. The first-order valence-electron chi connectivity index (χ1n) is 10.1. The van der Waals surface area contributed by atoms with Crippen molar-refractivity contribution in [2.45, 2.75) is 45.6 Å². The van der Waals surface area contributed by atoms with Crippen LogP contribution in [-0.2, 0) is 0 Å². The van der Waals surface area contributed by atoms with Gasteiger partial charge in [-0.15, -0.1) is 0 Å². The van der Waals surface area contributed by atoms with Crippen molar-refractivity contribution < 1.29 is 9.50 Å². The molecule has 27 heavy (non-hydrogen) atoms. The molecule has 0 spiro atoms. The van der Waals surface area contributed by atoms with Crippen molar-refractivity contribution in [1.29, 1.82) is 0 Å². The Morgan fingerprint density at radius 1 is 0.889 bits per heavy atom. The van der Waals surface area contributed by atoms with Gasteiger partial charge in [-0.25, -0.2) is 4.39 Å². The molecule has 0 saturated carbocycles. The Morgan fingerprint density at radius 2 is 1.59 bits per heavy atom. The third kappa shape index (κ3) is 4.66. The molecular weight excluding hydrogens is 337 g/mol. The van der Waals surface area contributed by atoms with E-state index in [-0.39, 0.29) is 5.82 Å². The van der Waals surface area contributed by atoms with Crippen LogP contribution in [0.3, 0.4) is 0 Å². The Morgan fingerprint density at radius 3 is 2.30 bits per heavy atom. The summed E-state index contributed by atoms with van der Waals surface area (Å²) in [7, 11) is 0. The van der Waals surface area contributed by atoms with Gasteiger partial charge in [0.2, 0.25) is 0 Å². The normalized spacial score (nSPS) is 12.9. The lowest BCUT2D eigenvalue weighted by molar-refractivity contribution is 0.112. The van der Waals surface area contributed by atoms with E-state index in [0.717, 1.165) is 65.9 Å². The fourth-order valence-electron chi connectivity index (χ4n) is 3.78. The number of unbranched alkanes of at least 4 members (excludes halogenated alkanes) is 2. The third-order valence-corrected chi connectivity index (χ3v) is 5.30. The Labute approximate surface area is 161 Å². The smallest absolute Gasteiger partial charge is 0.123 e. The van der Waals surface area contributed by atoms with E-state index in [1.807, 2.05) is 24.3 Å². The van der Waals surface area contributed by atoms with Gasteiger partial charge in [-0.2, -0.15) is 0 Å². The van der Waals surface area contributed by atoms with E-state index in [4.69, 9.17) is 0 Å². The van der Waals surface area contributed by atoms with Crippen molar-refractivity contribution in [2.24, 2.45) is 0 Å². The summed E-state index contributed by atoms with van der Waals surface area (Å²) in [6.07, 6.45) is 3.99. The van der Waals surface area contributed by atoms with Gasteiger partial charge in [0.1, 0.15) is 5.82 Å². The summed E-state index contributed by atoms with van der Waals surface area (Å²) < 4.78 is 13.9. The molecule has 0 saturated heterocycles. The number of aliphatic hydroxyl groups is 1. The molecule has 1 unspecified atom stereocenters. The molecule has 0 bridgehead atoms. The van der Waals surface area contributed by atoms with Crippen LogP contribution in [0, 0.1) is 5.82 Å². The molecule has 1 N–H and O–H groups in total. The van der Waals surface area contributed by atoms with Crippen LogP contribution in [0.5, 0.6) is 0 Å². The molecule has 0 aliphatic heterocycles. The first-order chi connectivity index (χ1) is 13.1. The van der Waals surface area contributed by atoms with Gasteiger partial charge in [0.05, 0.1) is 6.10 Å². The van der Waals surface area contributed by atoms with Crippen molar-refractivity contribution in [1.82, 2.24) is 4.90 Å². The molecule has 3 rings (SSSR count). The fraction of sp³-hybridized carbons (Fsp3) is 0.417. The van der Waals surface area contributed by atoms with Crippen molar-refractivity contribution in [2.75, 3.05) is 19.6 Å². The minimum atomic E-state index is -0.587. The van der Waals surface area contributed by atoms with Gasteiger partial charge in [-0.3, -0.25) is 0 Å². The maximum Gasteiger partial charge on any atom is 0.123 e. The van der Waals surface area contributed by atoms with E-state index in [1.165, 1.54) is 6.07 Å². The molecule has 2 nitrogen and oxygen atoms in total. The summed E-state index contributed by atoms with van der Waals surface area (Å²) in [5, 5.41) is 15.0. The maximum absolute atomic E-state index is 13.9. The Bertz CT molecular complexity index is 884. The first-order valence-corrected chi connectivity index (χ1v) is 10.1. The highest BCUT2D eigenvalue weighted by molar-refractivity contribution is 6.09. The van der Waals surface area contributed by atoms with Crippen LogP contribution >= 0.6 is 0 Å². The molecule has 1 atom stereocenters. The lowest BCUT2D eigenvalue weighted by atomic mass is 9.94. The van der Waals surface area contributed by atoms with Gasteiger partial charge in [0, 0.05) is 6.54 Å². The molecular formula is C24H30FNO. The van der Waals surface area contributed by atoms with Gasteiger partial charge >= 0.3 is 0 Å². The molecule has 0 aliphatic rings. The second-order valence-electron chi connectivity index (χ2n) is 7.40. The molecule has 3 heteroatoms. The lowest BCUT2D eigenvalue weighted by Crippen LogP contribution is -2.30. The van der Waals surface area contributed by atoms with Crippen molar-refractivity contribution in [3.63, 3.8) is 0 Å². The summed E-state index contributed by atoms with van der Waals surface area (Å²) in [4.78, 5) is 2.36. The SMILES string of the molecule is CCCCN(CCCC)CC(O)c1cc2ccccc2c2cc(F)ccc12. The molecule has 0 aliphatic carbocycles. The zero-order valence-electron chi connectivity index (χ0n) is 16.4. The summed E-state index contributed by atoms with van der Waals surface area (Å²) in [6, 6.07) is 14.9. The summed E-state index contributed by atoms with van der Waals surface area (Å²) in [6.45, 7) is 7.02. The summed E-state index contributed by atoms with van der Waals surface area (Å²) in [5.74, 6) is -0.244. The van der Waals surface area contributed by atoms with Crippen LogP contribution in [0.15, 0.2) is 48.5 Å². The van der Waals surface area contributed by atoms with Gasteiger partial charge in [0.15, 0.2) is 0 Å². The highest BCUT2D eigenvalue weighted by Gasteiger charge is 2.17. The van der Waals surface area contributed by atoms with Crippen LogP contribution < -0.4 is 0 Å². The summed E-state index contributed by atoms with van der Waals surface area (Å²) in [5.41, 5.74) is 0.890. The number of benzene rings is 3. The monoisotopic (exact) mass is 367 g/mol. The predicted molar refractivity (Wildman–Crippen MR) is 113 cm³/mol. The van der Waals surface area contributed by atoms with Crippen LogP contribution in [0.1, 0.15) is 51.2 Å². The van der Waals surface area contributed by atoms with Gasteiger partial charge < -0.3 is 10.0 Å². The minimum Gasteiger partial charge on any atom is -0.387 e. The Balaban J connectivity index is 1.98. The summed E-state index contributed by atoms with van der Waals surface area (Å²) >= 11 is 0. The zero-order chi connectivity index (χ0) is 19.2. The molecule has 144 valence electrons. The highest BCUT2D eigenvalue weighted by atomic mass is 19.1. The van der Waals surface area contributed by atoms with Crippen molar-refractivity contribution in [3.05, 3.63) is 59.9 Å². The highest BCUT2D eigenvalue weighted by Crippen LogP contribution is 2.33. The fourth-order valence-corrected chi connectivity index (χ4v) is 3.78. The lowest BCUT2D eigenvalue weighted by Gasteiger charge is -2.26. The average Bonchev–Trinajstić information content (AvgIpc) is 2.69. The standard InChI is InChI=1S/C24H30FNO/c1-3-5-13-26(14-6-4-2)17-24(27)23-15-18-9-7-8-10-20(18)22-16-19(25)11-12-21(22)23/h7-12,15-16,24,27H,3-6,13-14,17H2,1-2H3. The number of halogens is 1. The van der Waals surface area contributed by atoms with E-state index in [2.05, 4.69) is 24.8 Å². The minimum absolute atomic E-state index is 0.244. The molecule has 0 amide bonds. The second-order valence-corrected chi connectivity index (χ2v) is 7.40. The number of fused-ring (bicyclic) bond motifs is 3. The first kappa shape index (κ1) is 19.8. The number of hydrogen-bond donors (Lipinski definition) is 1. The van der Waals surface area contributed by atoms with E-state index < -0.39 is 6.10 Å². The third-order valence-electron chi connectivity index (χ3n) is 5.30. The number of nitrogens with zero attached hydrogens (tertiary/aromatic N) is 1. The number of aliphatic hydroxyl groups excluding tert-OH is 1. The van der Waals surface area contributed by atoms with Crippen molar-refractivity contribution in [3.8, 4) is 0 Å². The number of hydrogen-bond acceptors (Lipinski definition) is 2. The van der Waals surface area contributed by atoms with Gasteiger partial charge in [-0.1, -0.05) is 57.0 Å². The zero-order valence-corrected chi connectivity index (χ0v) is 16.4. The average molecular weight is 368 g/mol. The topological polar surface area (TPSA) is 23.5 Å². The van der Waals surface area contributed by atoms with E-state index in [9.17, 15) is 9.50 Å². The van der Waals surface area contributed by atoms with Crippen LogP contribution in [-0.4, -0.2) is 29.6 Å². The van der Waals surface area contributed by atoms with E-state index in [0.29, 0.717) is 6.54 Å². The quantitative estimate of drug-likeness (QED) is 0.464. The molecule has 0 heterocycles. The van der Waals surface area contributed by atoms with Crippen molar-refractivity contribution >= 4 is 21.5 Å². The molecule has 3 aromatic carbocycles. The predicted octanol–water partition coefficient (Wildman–Crippen LogP) is 6.07. The second kappa shape index (κ2) is 9.29. The Kier molecular flexibility index (Phi) is 6.81. The van der Waals surface area contributed by atoms with Crippen LogP contribution in [0.2, 0.25) is 0 Å².